The highest BCUT2D eigenvalue weighted by molar-refractivity contribution is 9.10. The molecule has 4 heteroatoms. The average molecular weight is 306 g/mol. The third kappa shape index (κ3) is 5.43. The number of methoxy groups -OCH3 is 1. The topological polar surface area (TPSA) is 12.5 Å². The highest BCUT2D eigenvalue weighted by Gasteiger charge is 2.09. The minimum atomic E-state index is 0.695. The quantitative estimate of drug-likeness (QED) is 0.763. The second-order valence-electron chi connectivity index (χ2n) is 4.35. The lowest BCUT2D eigenvalue weighted by molar-refractivity contribution is 0.136. The van der Waals surface area contributed by atoms with Crippen LogP contribution >= 0.6 is 27.3 Å². The highest BCUT2D eigenvalue weighted by atomic mass is 79.9. The van der Waals surface area contributed by atoms with Crippen LogP contribution in [0.2, 0.25) is 0 Å². The molecule has 1 rings (SSSR count). The molecule has 0 bridgehead atoms. The molecule has 0 aromatic carbocycles. The number of halogens is 1. The van der Waals surface area contributed by atoms with Gasteiger partial charge in [0.15, 0.2) is 0 Å². The molecular formula is C12H20BrNOS. The minimum Gasteiger partial charge on any atom is -0.383 e. The lowest BCUT2D eigenvalue weighted by atomic mass is 10.2. The lowest BCUT2D eigenvalue weighted by Gasteiger charge is -2.23. The van der Waals surface area contributed by atoms with E-state index >= 15 is 0 Å². The number of hydrogen-bond acceptors (Lipinski definition) is 3. The molecule has 0 amide bonds. The summed E-state index contributed by atoms with van der Waals surface area (Å²) in [5.41, 5.74) is 0. The van der Waals surface area contributed by atoms with E-state index in [9.17, 15) is 0 Å². The Hall–Kier alpha value is 0.1000. The van der Waals surface area contributed by atoms with Crippen LogP contribution in [0, 0.1) is 5.92 Å². The molecule has 0 radical (unpaired) electrons. The van der Waals surface area contributed by atoms with E-state index in [4.69, 9.17) is 4.74 Å². The summed E-state index contributed by atoms with van der Waals surface area (Å²) >= 11 is 5.30. The van der Waals surface area contributed by atoms with Gasteiger partial charge in [-0.1, -0.05) is 13.8 Å². The molecule has 0 unspecified atom stereocenters. The second kappa shape index (κ2) is 7.43. The molecule has 1 aromatic heterocycles. The summed E-state index contributed by atoms with van der Waals surface area (Å²) in [7, 11) is 1.76. The fourth-order valence-corrected chi connectivity index (χ4v) is 3.12. The Kier molecular flexibility index (Phi) is 6.58. The molecule has 0 aliphatic rings. The van der Waals surface area contributed by atoms with Crippen LogP contribution in [-0.2, 0) is 11.3 Å². The first-order valence-corrected chi connectivity index (χ1v) is 7.23. The zero-order valence-corrected chi connectivity index (χ0v) is 12.6. The van der Waals surface area contributed by atoms with Crippen LogP contribution in [0.3, 0.4) is 0 Å². The molecule has 0 spiro atoms. The Morgan fingerprint density at radius 1 is 1.50 bits per heavy atom. The van der Waals surface area contributed by atoms with Gasteiger partial charge in [0, 0.05) is 41.5 Å². The summed E-state index contributed by atoms with van der Waals surface area (Å²) in [6.07, 6.45) is 0. The van der Waals surface area contributed by atoms with E-state index in [0.29, 0.717) is 5.92 Å². The van der Waals surface area contributed by atoms with Crippen molar-refractivity contribution in [3.05, 3.63) is 20.8 Å². The second-order valence-corrected chi connectivity index (χ2v) is 6.26. The molecule has 0 N–H and O–H groups in total. The smallest absolute Gasteiger partial charge is 0.0589 e. The molecule has 0 aliphatic heterocycles. The Bertz CT molecular complexity index is 301. The Labute approximate surface area is 111 Å². The van der Waals surface area contributed by atoms with Crippen LogP contribution in [0.1, 0.15) is 18.7 Å². The molecule has 0 saturated carbocycles. The van der Waals surface area contributed by atoms with Crippen molar-refractivity contribution < 1.29 is 4.74 Å². The van der Waals surface area contributed by atoms with E-state index in [2.05, 4.69) is 46.1 Å². The van der Waals surface area contributed by atoms with Crippen molar-refractivity contribution in [3.8, 4) is 0 Å². The van der Waals surface area contributed by atoms with Crippen molar-refractivity contribution in [2.75, 3.05) is 26.8 Å². The first-order chi connectivity index (χ1) is 7.61. The number of hydrogen-bond donors (Lipinski definition) is 0. The Balaban J connectivity index is 2.48. The maximum atomic E-state index is 5.15. The normalized spacial score (nSPS) is 11.6. The van der Waals surface area contributed by atoms with Crippen molar-refractivity contribution in [2.45, 2.75) is 20.4 Å². The number of nitrogens with zero attached hydrogens (tertiary/aromatic N) is 1. The van der Waals surface area contributed by atoms with Gasteiger partial charge < -0.3 is 4.74 Å². The molecule has 0 atom stereocenters. The Morgan fingerprint density at radius 3 is 2.75 bits per heavy atom. The summed E-state index contributed by atoms with van der Waals surface area (Å²) in [6, 6.07) is 2.20. The molecule has 92 valence electrons. The fraction of sp³-hybridized carbons (Fsp3) is 0.667. The highest BCUT2D eigenvalue weighted by Crippen LogP contribution is 2.21. The van der Waals surface area contributed by atoms with E-state index in [0.717, 1.165) is 26.2 Å². The van der Waals surface area contributed by atoms with E-state index in [1.807, 2.05) is 11.3 Å². The van der Waals surface area contributed by atoms with Gasteiger partial charge in [0.2, 0.25) is 0 Å². The van der Waals surface area contributed by atoms with E-state index < -0.39 is 0 Å². The first-order valence-electron chi connectivity index (χ1n) is 5.56. The van der Waals surface area contributed by atoms with E-state index in [-0.39, 0.29) is 0 Å². The van der Waals surface area contributed by atoms with Crippen molar-refractivity contribution in [1.82, 2.24) is 4.90 Å². The summed E-state index contributed by atoms with van der Waals surface area (Å²) in [5.74, 6) is 0.695. The van der Waals surface area contributed by atoms with Gasteiger partial charge in [-0.25, -0.2) is 0 Å². The van der Waals surface area contributed by atoms with Gasteiger partial charge >= 0.3 is 0 Å². The van der Waals surface area contributed by atoms with Gasteiger partial charge in [0.05, 0.1) is 6.61 Å². The summed E-state index contributed by atoms with van der Waals surface area (Å²) in [5, 5.41) is 2.14. The van der Waals surface area contributed by atoms with Gasteiger partial charge in [-0.3, -0.25) is 4.90 Å². The largest absolute Gasteiger partial charge is 0.383 e. The SMILES string of the molecule is COCCN(Cc1cc(Br)cs1)CC(C)C. The van der Waals surface area contributed by atoms with Crippen LogP contribution in [0.25, 0.3) is 0 Å². The Morgan fingerprint density at radius 2 is 2.25 bits per heavy atom. The van der Waals surface area contributed by atoms with Gasteiger partial charge in [-0.05, 0) is 27.9 Å². The van der Waals surface area contributed by atoms with Crippen molar-refractivity contribution in [3.63, 3.8) is 0 Å². The van der Waals surface area contributed by atoms with E-state index in [1.54, 1.807) is 7.11 Å². The molecule has 16 heavy (non-hydrogen) atoms. The molecule has 0 saturated heterocycles. The standard InChI is InChI=1S/C12H20BrNOS/c1-10(2)7-14(4-5-15-3)8-12-6-11(13)9-16-12/h6,9-10H,4-5,7-8H2,1-3H3. The molecule has 0 aliphatic carbocycles. The van der Waals surface area contributed by atoms with Crippen LogP contribution in [0.15, 0.2) is 15.9 Å². The molecule has 1 aromatic rings. The zero-order valence-electron chi connectivity index (χ0n) is 10.2. The fourth-order valence-electron chi connectivity index (χ4n) is 1.63. The molecule has 2 nitrogen and oxygen atoms in total. The number of thiophene rings is 1. The zero-order chi connectivity index (χ0) is 12.0. The first kappa shape index (κ1) is 14.2. The predicted molar refractivity (Wildman–Crippen MR) is 74.0 cm³/mol. The van der Waals surface area contributed by atoms with Gasteiger partial charge in [0.25, 0.3) is 0 Å². The number of rotatable bonds is 7. The summed E-state index contributed by atoms with van der Waals surface area (Å²) in [6.45, 7) is 8.47. The van der Waals surface area contributed by atoms with Crippen LogP contribution in [0.4, 0.5) is 0 Å². The van der Waals surface area contributed by atoms with Gasteiger partial charge in [0.1, 0.15) is 0 Å². The summed E-state index contributed by atoms with van der Waals surface area (Å²) < 4.78 is 6.33. The van der Waals surface area contributed by atoms with Crippen molar-refractivity contribution in [1.29, 1.82) is 0 Å². The average Bonchev–Trinajstić information content (AvgIpc) is 2.59. The molecular weight excluding hydrogens is 286 g/mol. The molecule has 0 fully saturated rings. The number of ether oxygens (including phenoxy) is 1. The van der Waals surface area contributed by atoms with Crippen molar-refractivity contribution in [2.24, 2.45) is 5.92 Å². The third-order valence-electron chi connectivity index (χ3n) is 2.24. The van der Waals surface area contributed by atoms with Gasteiger partial charge in [-0.2, -0.15) is 0 Å². The maximum Gasteiger partial charge on any atom is 0.0589 e. The third-order valence-corrected chi connectivity index (χ3v) is 3.92. The van der Waals surface area contributed by atoms with Crippen LogP contribution in [0.5, 0.6) is 0 Å². The maximum absolute atomic E-state index is 5.15. The van der Waals surface area contributed by atoms with Crippen LogP contribution in [-0.4, -0.2) is 31.7 Å². The molecule has 1 heterocycles. The lowest BCUT2D eigenvalue weighted by Crippen LogP contribution is -2.30. The van der Waals surface area contributed by atoms with E-state index in [1.165, 1.54) is 9.35 Å². The predicted octanol–water partition coefficient (Wildman–Crippen LogP) is 3.62. The minimum absolute atomic E-state index is 0.695. The van der Waals surface area contributed by atoms with Crippen molar-refractivity contribution >= 4 is 27.3 Å². The monoisotopic (exact) mass is 305 g/mol. The van der Waals surface area contributed by atoms with Crippen LogP contribution < -0.4 is 0 Å². The van der Waals surface area contributed by atoms with Gasteiger partial charge in [-0.15, -0.1) is 11.3 Å². The summed E-state index contributed by atoms with van der Waals surface area (Å²) in [4.78, 5) is 3.86.